The van der Waals surface area contributed by atoms with E-state index in [0.29, 0.717) is 0 Å². The van der Waals surface area contributed by atoms with E-state index in [1.165, 1.54) is 5.57 Å². The Labute approximate surface area is 108 Å². The minimum Gasteiger partial charge on any atom is -0.461 e. The van der Waals surface area contributed by atoms with Crippen molar-refractivity contribution < 1.29 is 14.6 Å². The fraction of sp³-hybridized carbons (Fsp3) is 0.800. The third kappa shape index (κ3) is 1.56. The van der Waals surface area contributed by atoms with Gasteiger partial charge in [-0.3, -0.25) is 4.79 Å². The Morgan fingerprint density at radius 1 is 1.50 bits per heavy atom. The first kappa shape index (κ1) is 12.2. The molecule has 18 heavy (non-hydrogen) atoms. The van der Waals surface area contributed by atoms with Crippen molar-refractivity contribution in [1.29, 1.82) is 0 Å². The fourth-order valence-corrected chi connectivity index (χ4v) is 4.23. The number of hydrogen-bond acceptors (Lipinski definition) is 3. The van der Waals surface area contributed by atoms with Gasteiger partial charge in [-0.15, -0.1) is 0 Å². The van der Waals surface area contributed by atoms with E-state index in [-0.39, 0.29) is 35.7 Å². The summed E-state index contributed by atoms with van der Waals surface area (Å²) in [5, 5.41) is 10.7. The van der Waals surface area contributed by atoms with Gasteiger partial charge in [-0.05, 0) is 33.1 Å². The largest absolute Gasteiger partial charge is 0.461 e. The smallest absolute Gasteiger partial charge is 0.309 e. The summed E-state index contributed by atoms with van der Waals surface area (Å²) in [6, 6.07) is 0. The first-order chi connectivity index (χ1) is 8.42. The zero-order valence-corrected chi connectivity index (χ0v) is 11.3. The molecule has 0 aromatic rings. The number of esters is 1. The highest BCUT2D eigenvalue weighted by Gasteiger charge is 2.55. The average Bonchev–Trinajstić information content (AvgIpc) is 2.76. The van der Waals surface area contributed by atoms with E-state index in [2.05, 4.69) is 13.0 Å². The van der Waals surface area contributed by atoms with Crippen molar-refractivity contribution in [2.24, 2.45) is 23.7 Å². The molecule has 6 atom stereocenters. The minimum absolute atomic E-state index is 0.00905. The van der Waals surface area contributed by atoms with Crippen LogP contribution in [0.4, 0.5) is 0 Å². The summed E-state index contributed by atoms with van der Waals surface area (Å²) in [4.78, 5) is 11.8. The molecule has 2 fully saturated rings. The molecule has 3 aliphatic rings. The second-order valence-electron chi connectivity index (χ2n) is 6.57. The van der Waals surface area contributed by atoms with Crippen molar-refractivity contribution in [2.45, 2.75) is 51.7 Å². The molecule has 3 heteroatoms. The molecule has 0 aromatic heterocycles. The fourth-order valence-electron chi connectivity index (χ4n) is 4.23. The average molecular weight is 250 g/mol. The summed E-state index contributed by atoms with van der Waals surface area (Å²) in [6.45, 7) is 6.03. The highest BCUT2D eigenvalue weighted by Crippen LogP contribution is 2.52. The molecule has 0 amide bonds. The van der Waals surface area contributed by atoms with Crippen LogP contribution in [0.5, 0.6) is 0 Å². The van der Waals surface area contributed by atoms with Gasteiger partial charge in [0.2, 0.25) is 0 Å². The predicted molar refractivity (Wildman–Crippen MR) is 67.7 cm³/mol. The van der Waals surface area contributed by atoms with Crippen LogP contribution in [0.25, 0.3) is 0 Å². The summed E-state index contributed by atoms with van der Waals surface area (Å²) >= 11 is 0. The third-order valence-corrected chi connectivity index (χ3v) is 5.48. The van der Waals surface area contributed by atoms with Crippen molar-refractivity contribution in [3.8, 4) is 0 Å². The molecule has 1 heterocycles. The van der Waals surface area contributed by atoms with Crippen LogP contribution in [0.15, 0.2) is 11.6 Å². The van der Waals surface area contributed by atoms with Gasteiger partial charge in [0, 0.05) is 17.8 Å². The minimum atomic E-state index is -0.630. The van der Waals surface area contributed by atoms with Crippen LogP contribution < -0.4 is 0 Å². The number of hydrogen-bond donors (Lipinski definition) is 1. The molecule has 0 bridgehead atoms. The van der Waals surface area contributed by atoms with Crippen LogP contribution in [0, 0.1) is 23.7 Å². The Morgan fingerprint density at radius 2 is 2.22 bits per heavy atom. The molecule has 0 unspecified atom stereocenters. The van der Waals surface area contributed by atoms with E-state index < -0.39 is 5.60 Å². The molecule has 1 saturated carbocycles. The van der Waals surface area contributed by atoms with Gasteiger partial charge in [0.05, 0.1) is 11.5 Å². The Kier molecular flexibility index (Phi) is 2.60. The highest BCUT2D eigenvalue weighted by molar-refractivity contribution is 5.75. The van der Waals surface area contributed by atoms with Gasteiger partial charge < -0.3 is 9.84 Å². The maximum absolute atomic E-state index is 11.8. The van der Waals surface area contributed by atoms with Crippen LogP contribution in [-0.2, 0) is 9.53 Å². The maximum atomic E-state index is 11.8. The number of allylic oxidation sites excluding steroid dienone is 1. The molecule has 3 nitrogen and oxygen atoms in total. The molecular formula is C15H22O3. The standard InChI is InChI=1S/C15H22O3/c1-8-4-5-11-12(8)13-10(6-7-15(11,3)17)9(2)14(16)18-13/h4,9-13,17H,5-7H2,1-3H3/t9-,10-,11+,12-,13-,15-/m0/s1. The van der Waals surface area contributed by atoms with Crippen LogP contribution >= 0.6 is 0 Å². The zero-order chi connectivity index (χ0) is 13.1. The van der Waals surface area contributed by atoms with E-state index in [1.807, 2.05) is 13.8 Å². The monoisotopic (exact) mass is 250 g/mol. The van der Waals surface area contributed by atoms with Gasteiger partial charge in [0.25, 0.3) is 0 Å². The lowest BCUT2D eigenvalue weighted by molar-refractivity contribution is -0.146. The summed E-state index contributed by atoms with van der Waals surface area (Å²) in [6.07, 6.45) is 4.79. The second kappa shape index (κ2) is 3.83. The van der Waals surface area contributed by atoms with E-state index in [1.54, 1.807) is 0 Å². The lowest BCUT2D eigenvalue weighted by Crippen LogP contribution is -2.39. The molecule has 100 valence electrons. The van der Waals surface area contributed by atoms with Crippen LogP contribution in [0.1, 0.15) is 40.0 Å². The molecule has 3 rings (SSSR count). The molecule has 0 spiro atoms. The number of ether oxygens (including phenoxy) is 1. The van der Waals surface area contributed by atoms with Gasteiger partial charge in [0.15, 0.2) is 0 Å². The maximum Gasteiger partial charge on any atom is 0.309 e. The summed E-state index contributed by atoms with van der Waals surface area (Å²) < 4.78 is 5.64. The van der Waals surface area contributed by atoms with Crippen LogP contribution in [-0.4, -0.2) is 22.8 Å². The van der Waals surface area contributed by atoms with E-state index in [0.717, 1.165) is 19.3 Å². The van der Waals surface area contributed by atoms with E-state index in [9.17, 15) is 9.90 Å². The van der Waals surface area contributed by atoms with Crippen LogP contribution in [0.2, 0.25) is 0 Å². The lowest BCUT2D eigenvalue weighted by atomic mass is 9.76. The number of fused-ring (bicyclic) bond motifs is 3. The number of carbonyl (C=O) groups is 1. The van der Waals surface area contributed by atoms with E-state index >= 15 is 0 Å². The Morgan fingerprint density at radius 3 is 2.94 bits per heavy atom. The molecule has 0 aromatic carbocycles. The number of aliphatic hydroxyl groups is 1. The molecule has 1 aliphatic heterocycles. The van der Waals surface area contributed by atoms with Crippen molar-refractivity contribution >= 4 is 5.97 Å². The molecule has 1 N–H and O–H groups in total. The Balaban J connectivity index is 1.99. The van der Waals surface area contributed by atoms with Gasteiger partial charge in [-0.25, -0.2) is 0 Å². The Hall–Kier alpha value is -0.830. The van der Waals surface area contributed by atoms with Crippen molar-refractivity contribution in [1.82, 2.24) is 0 Å². The summed E-state index contributed by atoms with van der Waals surface area (Å²) in [5.74, 6) is 0.648. The van der Waals surface area contributed by atoms with Gasteiger partial charge >= 0.3 is 5.97 Å². The molecular weight excluding hydrogens is 228 g/mol. The van der Waals surface area contributed by atoms with Crippen molar-refractivity contribution in [3.05, 3.63) is 11.6 Å². The van der Waals surface area contributed by atoms with Crippen molar-refractivity contribution in [3.63, 3.8) is 0 Å². The number of rotatable bonds is 0. The second-order valence-corrected chi connectivity index (χ2v) is 6.57. The predicted octanol–water partition coefficient (Wildman–Crippen LogP) is 2.29. The quantitative estimate of drug-likeness (QED) is 0.530. The molecule has 2 aliphatic carbocycles. The van der Waals surface area contributed by atoms with Gasteiger partial charge in [0.1, 0.15) is 6.10 Å². The van der Waals surface area contributed by atoms with Crippen LogP contribution in [0.3, 0.4) is 0 Å². The first-order valence-corrected chi connectivity index (χ1v) is 7.01. The molecule has 0 radical (unpaired) electrons. The SMILES string of the molecule is CC1=CC[C@@H]2[C@H]1[C@H]1OC(=O)[C@@H](C)[C@@H]1CC[C@]2(C)O. The normalized spacial score (nSPS) is 51.2. The first-order valence-electron chi connectivity index (χ1n) is 7.01. The topological polar surface area (TPSA) is 46.5 Å². The van der Waals surface area contributed by atoms with Crippen molar-refractivity contribution in [2.75, 3.05) is 0 Å². The van der Waals surface area contributed by atoms with Gasteiger partial charge in [-0.2, -0.15) is 0 Å². The molecule has 1 saturated heterocycles. The third-order valence-electron chi connectivity index (χ3n) is 5.48. The summed E-state index contributed by atoms with van der Waals surface area (Å²) in [7, 11) is 0. The zero-order valence-electron chi connectivity index (χ0n) is 11.3. The van der Waals surface area contributed by atoms with E-state index in [4.69, 9.17) is 4.74 Å². The number of carbonyl (C=O) groups excluding carboxylic acids is 1. The van der Waals surface area contributed by atoms with Gasteiger partial charge in [-0.1, -0.05) is 18.6 Å². The highest BCUT2D eigenvalue weighted by atomic mass is 16.6. The summed E-state index contributed by atoms with van der Waals surface area (Å²) in [5.41, 5.74) is 0.661. The Bertz CT molecular complexity index is 410. The lowest BCUT2D eigenvalue weighted by Gasteiger charge is -2.34.